The van der Waals surface area contributed by atoms with E-state index in [4.69, 9.17) is 10.5 Å². The second-order valence-electron chi connectivity index (χ2n) is 3.29. The third-order valence-corrected chi connectivity index (χ3v) is 2.12. The second-order valence-corrected chi connectivity index (χ2v) is 3.29. The van der Waals surface area contributed by atoms with E-state index < -0.39 is 12.2 Å². The first-order valence-electron chi connectivity index (χ1n) is 4.69. The van der Waals surface area contributed by atoms with Crippen molar-refractivity contribution in [2.75, 3.05) is 0 Å². The number of nitrogens with zero attached hydrogens (tertiary/aromatic N) is 2. The van der Waals surface area contributed by atoms with E-state index in [1.54, 1.807) is 30.3 Å². The molecule has 0 aromatic heterocycles. The van der Waals surface area contributed by atoms with E-state index in [0.29, 0.717) is 11.1 Å². The number of oxime groups is 1. The first kappa shape index (κ1) is 12.2. The number of hydrogen-bond donors (Lipinski definition) is 3. The van der Waals surface area contributed by atoms with Crippen molar-refractivity contribution in [1.82, 2.24) is 0 Å². The van der Waals surface area contributed by atoms with Crippen molar-refractivity contribution in [3.05, 3.63) is 35.4 Å². The van der Waals surface area contributed by atoms with Crippen molar-refractivity contribution in [2.45, 2.75) is 18.6 Å². The number of benzene rings is 1. The molecule has 1 aromatic carbocycles. The van der Waals surface area contributed by atoms with Crippen LogP contribution in [0.5, 0.6) is 0 Å². The lowest BCUT2D eigenvalue weighted by Crippen LogP contribution is -2.17. The molecule has 2 unspecified atom stereocenters. The summed E-state index contributed by atoms with van der Waals surface area (Å²) in [6, 6.07) is 8.33. The number of aliphatic hydroxyl groups is 2. The predicted octanol–water partition coefficient (Wildman–Crippen LogP) is 0.803. The van der Waals surface area contributed by atoms with Crippen LogP contribution in [0.2, 0.25) is 0 Å². The molecular formula is C11H12N2O3. The van der Waals surface area contributed by atoms with Crippen LogP contribution in [-0.4, -0.2) is 27.7 Å². The number of aliphatic hydroxyl groups excluding tert-OH is 2. The van der Waals surface area contributed by atoms with Gasteiger partial charge in [0.1, 0.15) is 6.10 Å². The van der Waals surface area contributed by atoms with Gasteiger partial charge in [-0.15, -0.1) is 0 Å². The summed E-state index contributed by atoms with van der Waals surface area (Å²) in [6.07, 6.45) is -1.16. The maximum atomic E-state index is 9.70. The maximum absolute atomic E-state index is 9.70. The molecule has 0 aliphatic rings. The predicted molar refractivity (Wildman–Crippen MR) is 57.0 cm³/mol. The first-order chi connectivity index (χ1) is 7.69. The van der Waals surface area contributed by atoms with Crippen molar-refractivity contribution < 1.29 is 15.4 Å². The lowest BCUT2D eigenvalue weighted by atomic mass is 10.0. The van der Waals surface area contributed by atoms with Gasteiger partial charge in [0.2, 0.25) is 0 Å². The number of hydrogen-bond acceptors (Lipinski definition) is 5. The van der Waals surface area contributed by atoms with Crippen LogP contribution in [0.25, 0.3) is 0 Å². The highest BCUT2D eigenvalue weighted by Crippen LogP contribution is 2.19. The van der Waals surface area contributed by atoms with E-state index in [1.807, 2.05) is 0 Å². The minimum atomic E-state index is -1.12. The maximum Gasteiger partial charge on any atom is 0.106 e. The molecule has 2 atom stereocenters. The number of nitriles is 1. The molecule has 1 rings (SSSR count). The van der Waals surface area contributed by atoms with Crippen LogP contribution in [-0.2, 0) is 0 Å². The summed E-state index contributed by atoms with van der Waals surface area (Å²) in [6.45, 7) is 0. The summed E-state index contributed by atoms with van der Waals surface area (Å²) in [5.74, 6) is 0. The molecule has 0 bridgehead atoms. The molecule has 1 aromatic rings. The standard InChI is InChI=1S/C11H12N2O3/c12-5-4-10(14)11(15)9-3-1-2-8(6-9)7-13-16/h1-3,6-7,10-11,14-16H,4H2. The Hall–Kier alpha value is -1.90. The lowest BCUT2D eigenvalue weighted by molar-refractivity contribution is 0.0216. The van der Waals surface area contributed by atoms with Crippen LogP contribution in [0.3, 0.4) is 0 Å². The Bertz CT molecular complexity index is 412. The first-order valence-corrected chi connectivity index (χ1v) is 4.69. The third-order valence-electron chi connectivity index (χ3n) is 2.12. The SMILES string of the molecule is N#CCC(O)C(O)c1cccc(C=NO)c1. The highest BCUT2D eigenvalue weighted by atomic mass is 16.4. The Morgan fingerprint density at radius 1 is 1.44 bits per heavy atom. The Kier molecular flexibility index (Phi) is 4.45. The van der Waals surface area contributed by atoms with E-state index in [0.717, 1.165) is 0 Å². The van der Waals surface area contributed by atoms with Gasteiger partial charge in [-0.25, -0.2) is 0 Å². The van der Waals surface area contributed by atoms with Crippen LogP contribution in [0.4, 0.5) is 0 Å². The molecule has 0 spiro atoms. The summed E-state index contributed by atoms with van der Waals surface area (Å²) in [7, 11) is 0. The molecule has 0 heterocycles. The van der Waals surface area contributed by atoms with Gasteiger partial charge in [0, 0.05) is 0 Å². The van der Waals surface area contributed by atoms with Crippen LogP contribution in [0, 0.1) is 11.3 Å². The molecule has 0 aliphatic carbocycles. The minimum absolute atomic E-state index is 0.139. The fourth-order valence-electron chi connectivity index (χ4n) is 1.32. The second kappa shape index (κ2) is 5.85. The Morgan fingerprint density at radius 3 is 2.81 bits per heavy atom. The zero-order chi connectivity index (χ0) is 12.0. The molecule has 0 saturated heterocycles. The monoisotopic (exact) mass is 220 g/mol. The lowest BCUT2D eigenvalue weighted by Gasteiger charge is -2.15. The van der Waals surface area contributed by atoms with Crippen LogP contribution in [0.1, 0.15) is 23.7 Å². The van der Waals surface area contributed by atoms with Crippen molar-refractivity contribution in [1.29, 1.82) is 5.26 Å². The zero-order valence-corrected chi connectivity index (χ0v) is 8.48. The highest BCUT2D eigenvalue weighted by molar-refractivity contribution is 5.79. The Morgan fingerprint density at radius 2 is 2.19 bits per heavy atom. The van der Waals surface area contributed by atoms with Crippen molar-refractivity contribution in [2.24, 2.45) is 5.16 Å². The zero-order valence-electron chi connectivity index (χ0n) is 8.48. The van der Waals surface area contributed by atoms with Crippen LogP contribution >= 0.6 is 0 Å². The van der Waals surface area contributed by atoms with Gasteiger partial charge in [-0.05, 0) is 17.2 Å². The number of rotatable bonds is 4. The fourth-order valence-corrected chi connectivity index (χ4v) is 1.32. The van der Waals surface area contributed by atoms with Crippen molar-refractivity contribution in [3.63, 3.8) is 0 Å². The van der Waals surface area contributed by atoms with Gasteiger partial charge in [0.05, 0.1) is 24.8 Å². The summed E-state index contributed by atoms with van der Waals surface area (Å²) in [5.41, 5.74) is 1.07. The van der Waals surface area contributed by atoms with Gasteiger partial charge in [0.25, 0.3) is 0 Å². The van der Waals surface area contributed by atoms with Gasteiger partial charge in [-0.3, -0.25) is 0 Å². The molecular weight excluding hydrogens is 208 g/mol. The third kappa shape index (κ3) is 3.05. The molecule has 16 heavy (non-hydrogen) atoms. The quantitative estimate of drug-likeness (QED) is 0.397. The summed E-state index contributed by atoms with van der Waals surface area (Å²) in [4.78, 5) is 0. The van der Waals surface area contributed by atoms with Crippen LogP contribution in [0.15, 0.2) is 29.4 Å². The molecule has 0 aliphatic heterocycles. The van der Waals surface area contributed by atoms with E-state index >= 15 is 0 Å². The van der Waals surface area contributed by atoms with Gasteiger partial charge < -0.3 is 15.4 Å². The van der Waals surface area contributed by atoms with Gasteiger partial charge in [-0.1, -0.05) is 23.4 Å². The smallest absolute Gasteiger partial charge is 0.106 e. The fraction of sp³-hybridized carbons (Fsp3) is 0.273. The highest BCUT2D eigenvalue weighted by Gasteiger charge is 2.17. The van der Waals surface area contributed by atoms with Gasteiger partial charge in [-0.2, -0.15) is 5.26 Å². The molecule has 0 fully saturated rings. The molecule has 3 N–H and O–H groups in total. The van der Waals surface area contributed by atoms with E-state index in [2.05, 4.69) is 5.16 Å². The molecule has 0 amide bonds. The van der Waals surface area contributed by atoms with E-state index in [9.17, 15) is 10.2 Å². The summed E-state index contributed by atoms with van der Waals surface area (Å²) >= 11 is 0. The minimum Gasteiger partial charge on any atom is -0.411 e. The molecule has 0 radical (unpaired) electrons. The van der Waals surface area contributed by atoms with Gasteiger partial charge in [0.15, 0.2) is 0 Å². The van der Waals surface area contributed by atoms with E-state index in [-0.39, 0.29) is 6.42 Å². The average Bonchev–Trinajstić information content (AvgIpc) is 2.29. The van der Waals surface area contributed by atoms with Crippen molar-refractivity contribution in [3.8, 4) is 6.07 Å². The molecule has 0 saturated carbocycles. The molecule has 84 valence electrons. The topological polar surface area (TPSA) is 96.8 Å². The summed E-state index contributed by atoms with van der Waals surface area (Å²) < 4.78 is 0. The van der Waals surface area contributed by atoms with E-state index in [1.165, 1.54) is 6.21 Å². The van der Waals surface area contributed by atoms with Gasteiger partial charge >= 0.3 is 0 Å². The van der Waals surface area contributed by atoms with Crippen LogP contribution < -0.4 is 0 Å². The average molecular weight is 220 g/mol. The Balaban J connectivity index is 2.87. The van der Waals surface area contributed by atoms with Crippen molar-refractivity contribution >= 4 is 6.21 Å². The molecule has 5 heteroatoms. The summed E-state index contributed by atoms with van der Waals surface area (Å²) in [5, 5.41) is 38.8. The molecule has 5 nitrogen and oxygen atoms in total. The normalized spacial score (nSPS) is 14.6. The largest absolute Gasteiger partial charge is 0.411 e. The Labute approximate surface area is 92.9 Å².